The van der Waals surface area contributed by atoms with Crippen molar-refractivity contribution in [1.82, 2.24) is 4.98 Å². The van der Waals surface area contributed by atoms with Crippen molar-refractivity contribution >= 4 is 23.2 Å². The molecule has 2 saturated carbocycles. The summed E-state index contributed by atoms with van der Waals surface area (Å²) in [6.45, 7) is 1.94. The van der Waals surface area contributed by atoms with Crippen LogP contribution >= 0.6 is 11.6 Å². The lowest BCUT2D eigenvalue weighted by Gasteiger charge is -2.08. The lowest BCUT2D eigenvalue weighted by atomic mass is 10.1. The maximum Gasteiger partial charge on any atom is 0.228 e. The Bertz CT molecular complexity index is 464. The summed E-state index contributed by atoms with van der Waals surface area (Å²) in [6.07, 6.45) is 5.40. The van der Waals surface area contributed by atoms with Crippen LogP contribution in [0.15, 0.2) is 12.3 Å². The summed E-state index contributed by atoms with van der Waals surface area (Å²) in [7, 11) is 0. The fourth-order valence-corrected chi connectivity index (χ4v) is 3.22. The monoisotopic (exact) mass is 250 g/mol. The molecule has 0 aliphatic heterocycles. The molecule has 2 aliphatic rings. The summed E-state index contributed by atoms with van der Waals surface area (Å²) in [5.74, 6) is 1.60. The van der Waals surface area contributed by atoms with Crippen LogP contribution in [0.4, 0.5) is 5.69 Å². The van der Waals surface area contributed by atoms with Gasteiger partial charge in [0.25, 0.3) is 0 Å². The van der Waals surface area contributed by atoms with Gasteiger partial charge in [-0.3, -0.25) is 4.79 Å². The van der Waals surface area contributed by atoms with Crippen molar-refractivity contribution < 1.29 is 4.79 Å². The zero-order valence-electron chi connectivity index (χ0n) is 9.74. The predicted octanol–water partition coefficient (Wildman–Crippen LogP) is 3.03. The van der Waals surface area contributed by atoms with Crippen molar-refractivity contribution in [2.45, 2.75) is 26.2 Å². The van der Waals surface area contributed by atoms with Crippen LogP contribution in [0.5, 0.6) is 0 Å². The molecular formula is C13H15ClN2O. The fourth-order valence-electron chi connectivity index (χ4n) is 3.07. The number of fused-ring (bicyclic) bond motifs is 1. The number of hydrogen-bond donors (Lipinski definition) is 1. The number of halogens is 1. The van der Waals surface area contributed by atoms with E-state index in [2.05, 4.69) is 10.3 Å². The normalized spacial score (nSPS) is 29.9. The quantitative estimate of drug-likeness (QED) is 0.820. The summed E-state index contributed by atoms with van der Waals surface area (Å²) in [5.41, 5.74) is 1.64. The van der Waals surface area contributed by atoms with Gasteiger partial charge in [-0.25, -0.2) is 4.98 Å². The van der Waals surface area contributed by atoms with Crippen LogP contribution < -0.4 is 5.32 Å². The van der Waals surface area contributed by atoms with E-state index in [1.807, 2.05) is 13.0 Å². The third kappa shape index (κ3) is 1.93. The molecule has 1 aromatic heterocycles. The Kier molecular flexibility index (Phi) is 2.58. The molecule has 3 nitrogen and oxygen atoms in total. The zero-order valence-corrected chi connectivity index (χ0v) is 10.5. The molecular weight excluding hydrogens is 236 g/mol. The maximum atomic E-state index is 12.1. The van der Waals surface area contributed by atoms with Crippen molar-refractivity contribution in [2.24, 2.45) is 17.8 Å². The highest BCUT2D eigenvalue weighted by atomic mass is 35.5. The van der Waals surface area contributed by atoms with E-state index in [0.717, 1.165) is 5.56 Å². The largest absolute Gasteiger partial charge is 0.323 e. The number of anilines is 1. The van der Waals surface area contributed by atoms with Gasteiger partial charge in [0.1, 0.15) is 0 Å². The van der Waals surface area contributed by atoms with Crippen molar-refractivity contribution in [1.29, 1.82) is 0 Å². The third-order valence-corrected chi connectivity index (χ3v) is 4.24. The molecule has 1 aromatic rings. The second-order valence-corrected chi connectivity index (χ2v) is 5.48. The van der Waals surface area contributed by atoms with Gasteiger partial charge in [0.15, 0.2) is 5.15 Å². The summed E-state index contributed by atoms with van der Waals surface area (Å²) in [4.78, 5) is 16.1. The Morgan fingerprint density at radius 2 is 2.18 bits per heavy atom. The fraction of sp³-hybridized carbons (Fsp3) is 0.538. The molecule has 1 amide bonds. The average Bonchev–Trinajstić information content (AvgIpc) is 2.78. The molecule has 0 saturated heterocycles. The van der Waals surface area contributed by atoms with Crippen molar-refractivity contribution in [3.8, 4) is 0 Å². The minimum atomic E-state index is 0.119. The maximum absolute atomic E-state index is 12.1. The minimum absolute atomic E-state index is 0.119. The molecule has 1 N–H and O–H groups in total. The van der Waals surface area contributed by atoms with Gasteiger partial charge >= 0.3 is 0 Å². The molecule has 2 unspecified atom stereocenters. The SMILES string of the molecule is Cc1cnc(Cl)c(NC(=O)C2C3CCCC32)c1. The summed E-state index contributed by atoms with van der Waals surface area (Å²) in [5, 5.41) is 3.28. The Morgan fingerprint density at radius 1 is 1.47 bits per heavy atom. The highest BCUT2D eigenvalue weighted by Gasteiger charge is 2.56. The number of carbonyl (C=O) groups is 1. The highest BCUT2D eigenvalue weighted by Crippen LogP contribution is 2.57. The molecule has 0 aromatic carbocycles. The number of hydrogen-bond acceptors (Lipinski definition) is 2. The van der Waals surface area contributed by atoms with E-state index >= 15 is 0 Å². The topological polar surface area (TPSA) is 42.0 Å². The Morgan fingerprint density at radius 3 is 2.88 bits per heavy atom. The first kappa shape index (κ1) is 11.0. The Labute approximate surface area is 106 Å². The van der Waals surface area contributed by atoms with E-state index in [1.165, 1.54) is 19.3 Å². The lowest BCUT2D eigenvalue weighted by molar-refractivity contribution is -0.118. The van der Waals surface area contributed by atoms with Gasteiger partial charge in [0.2, 0.25) is 5.91 Å². The van der Waals surface area contributed by atoms with Gasteiger partial charge in [-0.15, -0.1) is 0 Å². The minimum Gasteiger partial charge on any atom is -0.323 e. The molecule has 1 heterocycles. The van der Waals surface area contributed by atoms with Crippen LogP contribution in [0.25, 0.3) is 0 Å². The average molecular weight is 251 g/mol. The smallest absolute Gasteiger partial charge is 0.228 e. The van der Waals surface area contributed by atoms with Gasteiger partial charge in [0.05, 0.1) is 5.69 Å². The molecule has 0 radical (unpaired) electrons. The van der Waals surface area contributed by atoms with Crippen molar-refractivity contribution in [3.05, 3.63) is 23.0 Å². The standard InChI is InChI=1S/C13H15ClN2O/c1-7-5-10(12(14)15-6-7)16-13(17)11-8-3-2-4-9(8)11/h5-6,8-9,11H,2-4H2,1H3,(H,16,17). The number of rotatable bonds is 2. The van der Waals surface area contributed by atoms with Gasteiger partial charge in [-0.05, 0) is 43.2 Å². The van der Waals surface area contributed by atoms with E-state index in [9.17, 15) is 4.79 Å². The number of aryl methyl sites for hydroxylation is 1. The highest BCUT2D eigenvalue weighted by molar-refractivity contribution is 6.32. The van der Waals surface area contributed by atoms with Crippen LogP contribution in [0.2, 0.25) is 5.15 Å². The van der Waals surface area contributed by atoms with Gasteiger partial charge in [-0.1, -0.05) is 18.0 Å². The lowest BCUT2D eigenvalue weighted by Crippen LogP contribution is -2.17. The van der Waals surface area contributed by atoms with Gasteiger partial charge in [0, 0.05) is 12.1 Å². The van der Waals surface area contributed by atoms with Gasteiger partial charge in [-0.2, -0.15) is 0 Å². The first-order valence-corrected chi connectivity index (χ1v) is 6.47. The number of carbonyl (C=O) groups excluding carboxylic acids is 1. The summed E-state index contributed by atoms with van der Waals surface area (Å²) < 4.78 is 0. The first-order chi connectivity index (χ1) is 8.16. The van der Waals surface area contributed by atoms with Gasteiger partial charge < -0.3 is 5.32 Å². The molecule has 2 fully saturated rings. The molecule has 2 atom stereocenters. The van der Waals surface area contributed by atoms with E-state index in [-0.39, 0.29) is 11.8 Å². The van der Waals surface area contributed by atoms with Crippen molar-refractivity contribution in [3.63, 3.8) is 0 Å². The molecule has 3 rings (SSSR count). The second-order valence-electron chi connectivity index (χ2n) is 5.12. The number of nitrogens with one attached hydrogen (secondary N) is 1. The number of amides is 1. The second kappa shape index (κ2) is 3.98. The predicted molar refractivity (Wildman–Crippen MR) is 66.9 cm³/mol. The van der Waals surface area contributed by atoms with E-state index in [0.29, 0.717) is 22.7 Å². The Hall–Kier alpha value is -1.09. The molecule has 0 bridgehead atoms. The zero-order chi connectivity index (χ0) is 12.0. The number of aromatic nitrogens is 1. The third-order valence-electron chi connectivity index (χ3n) is 3.94. The van der Waals surface area contributed by atoms with Crippen LogP contribution in [0.3, 0.4) is 0 Å². The van der Waals surface area contributed by atoms with Crippen LogP contribution in [-0.2, 0) is 4.79 Å². The molecule has 2 aliphatic carbocycles. The van der Waals surface area contributed by atoms with E-state index in [1.54, 1.807) is 6.20 Å². The first-order valence-electron chi connectivity index (χ1n) is 6.10. The van der Waals surface area contributed by atoms with Crippen LogP contribution in [0.1, 0.15) is 24.8 Å². The van der Waals surface area contributed by atoms with Crippen molar-refractivity contribution in [2.75, 3.05) is 5.32 Å². The van der Waals surface area contributed by atoms with Crippen LogP contribution in [-0.4, -0.2) is 10.9 Å². The molecule has 4 heteroatoms. The van der Waals surface area contributed by atoms with E-state index in [4.69, 9.17) is 11.6 Å². The summed E-state index contributed by atoms with van der Waals surface area (Å²) >= 11 is 5.96. The number of nitrogens with zero attached hydrogens (tertiary/aromatic N) is 1. The Balaban J connectivity index is 1.71. The molecule has 90 valence electrons. The van der Waals surface area contributed by atoms with Crippen LogP contribution in [0, 0.1) is 24.7 Å². The summed E-state index contributed by atoms with van der Waals surface area (Å²) in [6, 6.07) is 1.87. The number of pyridine rings is 1. The molecule has 0 spiro atoms. The van der Waals surface area contributed by atoms with E-state index < -0.39 is 0 Å². The molecule has 17 heavy (non-hydrogen) atoms.